The summed E-state index contributed by atoms with van der Waals surface area (Å²) in [5.74, 6) is -1.38. The Kier molecular flexibility index (Phi) is 7.91. The summed E-state index contributed by atoms with van der Waals surface area (Å²) in [6.07, 6.45) is 3.21. The summed E-state index contributed by atoms with van der Waals surface area (Å²) in [6.45, 7) is 2.15. The van der Waals surface area contributed by atoms with Crippen molar-refractivity contribution in [2.75, 3.05) is 39.3 Å². The first-order valence-corrected chi connectivity index (χ1v) is 13.6. The third-order valence-electron chi connectivity index (χ3n) is 8.33. The van der Waals surface area contributed by atoms with Crippen LogP contribution < -0.4 is 5.32 Å². The Labute approximate surface area is 220 Å². The van der Waals surface area contributed by atoms with Crippen LogP contribution in [0.1, 0.15) is 44.2 Å². The molecule has 38 heavy (non-hydrogen) atoms. The van der Waals surface area contributed by atoms with Gasteiger partial charge >= 0.3 is 0 Å². The quantitative estimate of drug-likeness (QED) is 0.484. The molecule has 4 saturated heterocycles. The van der Waals surface area contributed by atoms with Crippen LogP contribution in [-0.4, -0.2) is 116 Å². The number of nitrogens with one attached hydrogen (secondary N) is 1. The molecule has 4 amide bonds. The van der Waals surface area contributed by atoms with E-state index in [0.717, 1.165) is 25.9 Å². The molecule has 0 aliphatic carbocycles. The highest BCUT2D eigenvalue weighted by molar-refractivity contribution is 5.93. The van der Waals surface area contributed by atoms with Crippen molar-refractivity contribution in [1.82, 2.24) is 35.0 Å². The van der Waals surface area contributed by atoms with Crippen molar-refractivity contribution in [2.45, 2.75) is 69.7 Å². The van der Waals surface area contributed by atoms with Gasteiger partial charge in [0.05, 0.1) is 25.4 Å². The molecule has 5 heterocycles. The maximum Gasteiger partial charge on any atom is 0.246 e. The summed E-state index contributed by atoms with van der Waals surface area (Å²) in [4.78, 5) is 58.1. The highest BCUT2D eigenvalue weighted by Crippen LogP contribution is 2.33. The van der Waals surface area contributed by atoms with Crippen molar-refractivity contribution in [1.29, 1.82) is 0 Å². The van der Waals surface area contributed by atoms with E-state index < -0.39 is 24.2 Å². The van der Waals surface area contributed by atoms with Gasteiger partial charge in [0.15, 0.2) is 0 Å². The van der Waals surface area contributed by atoms with Crippen LogP contribution in [-0.2, 0) is 32.1 Å². The second kappa shape index (κ2) is 11.3. The van der Waals surface area contributed by atoms with Gasteiger partial charge < -0.3 is 25.1 Å². The fraction of sp³-hybridized carbons (Fsp3) is 0.760. The monoisotopic (exact) mass is 533 g/mol. The number of fused-ring (bicyclic) bond motifs is 3. The predicted molar refractivity (Wildman–Crippen MR) is 131 cm³/mol. The molecule has 0 spiro atoms. The second-order valence-corrected chi connectivity index (χ2v) is 10.9. The van der Waals surface area contributed by atoms with Crippen molar-refractivity contribution in [3.05, 3.63) is 11.9 Å². The smallest absolute Gasteiger partial charge is 0.246 e. The van der Waals surface area contributed by atoms with Crippen molar-refractivity contribution in [3.8, 4) is 0 Å². The van der Waals surface area contributed by atoms with E-state index in [1.807, 2.05) is 4.90 Å². The van der Waals surface area contributed by atoms with Crippen molar-refractivity contribution in [3.63, 3.8) is 0 Å². The molecular weight excluding hydrogens is 497 g/mol. The molecule has 4 fully saturated rings. The topological polar surface area (TPSA) is 141 Å². The Morgan fingerprint density at radius 1 is 1.13 bits per heavy atom. The van der Waals surface area contributed by atoms with Crippen LogP contribution in [0.15, 0.2) is 6.20 Å². The number of carbonyl (C=O) groups is 4. The Hall–Kier alpha value is -3.09. The van der Waals surface area contributed by atoms with Gasteiger partial charge in [0.2, 0.25) is 23.6 Å². The lowest BCUT2D eigenvalue weighted by atomic mass is 9.80. The third-order valence-corrected chi connectivity index (χ3v) is 8.33. The molecule has 4 aliphatic rings. The number of likely N-dealkylation sites (tertiary alicyclic amines) is 1. The first-order chi connectivity index (χ1) is 18.3. The number of aliphatic hydroxyl groups is 1. The number of amides is 4. The van der Waals surface area contributed by atoms with E-state index in [4.69, 9.17) is 5.11 Å². The van der Waals surface area contributed by atoms with E-state index in [-0.39, 0.29) is 68.5 Å². The Morgan fingerprint density at radius 3 is 2.68 bits per heavy atom. The number of rotatable bonds is 6. The molecule has 5 rings (SSSR count). The molecule has 0 aromatic carbocycles. The van der Waals surface area contributed by atoms with Crippen LogP contribution in [0, 0.1) is 11.8 Å². The molecule has 0 radical (unpaired) electrons. The molecule has 208 valence electrons. The van der Waals surface area contributed by atoms with Gasteiger partial charge in [0.1, 0.15) is 18.3 Å². The minimum atomic E-state index is -1.33. The SMILES string of the molecule is O=C1C[C@H]2CN(CC[C@H]2CC(=O)N2CCCC2)C(=O)[C@@H]2C[C@H](F)CN2C(=O)[C@@H](Cc2cn(CCO)nn2)N1. The maximum absolute atomic E-state index is 14.6. The van der Waals surface area contributed by atoms with Crippen LogP contribution in [0.2, 0.25) is 0 Å². The van der Waals surface area contributed by atoms with E-state index >= 15 is 0 Å². The molecule has 12 nitrogen and oxygen atoms in total. The average Bonchev–Trinajstić information content (AvgIpc) is 3.65. The summed E-state index contributed by atoms with van der Waals surface area (Å²) in [5.41, 5.74) is 0.433. The Balaban J connectivity index is 1.38. The molecular formula is C25H36FN7O5. The maximum atomic E-state index is 14.6. The van der Waals surface area contributed by atoms with Crippen LogP contribution in [0.4, 0.5) is 4.39 Å². The van der Waals surface area contributed by atoms with Gasteiger partial charge in [-0.3, -0.25) is 19.2 Å². The summed E-state index contributed by atoms with van der Waals surface area (Å²) < 4.78 is 16.0. The van der Waals surface area contributed by atoms with E-state index in [1.165, 1.54) is 9.58 Å². The number of hydrogen-bond acceptors (Lipinski definition) is 7. The van der Waals surface area contributed by atoms with Crippen LogP contribution >= 0.6 is 0 Å². The van der Waals surface area contributed by atoms with E-state index in [0.29, 0.717) is 31.6 Å². The number of piperidine rings is 1. The van der Waals surface area contributed by atoms with Gasteiger partial charge in [-0.05, 0) is 31.1 Å². The molecule has 1 aromatic rings. The molecule has 4 aliphatic heterocycles. The van der Waals surface area contributed by atoms with Gasteiger partial charge in [-0.15, -0.1) is 5.10 Å². The molecule has 0 saturated carbocycles. The number of aliphatic hydroxyl groups excluding tert-OH is 1. The molecule has 1 aromatic heterocycles. The average molecular weight is 534 g/mol. The molecule has 2 N–H and O–H groups in total. The lowest BCUT2D eigenvalue weighted by Gasteiger charge is -2.40. The summed E-state index contributed by atoms with van der Waals surface area (Å²) in [7, 11) is 0. The van der Waals surface area contributed by atoms with Gasteiger partial charge in [0, 0.05) is 58.1 Å². The molecule has 0 unspecified atom stereocenters. The first kappa shape index (κ1) is 26.5. The van der Waals surface area contributed by atoms with E-state index in [1.54, 1.807) is 11.1 Å². The van der Waals surface area contributed by atoms with E-state index in [2.05, 4.69) is 15.6 Å². The Bertz CT molecular complexity index is 1060. The van der Waals surface area contributed by atoms with Crippen molar-refractivity contribution >= 4 is 23.6 Å². The predicted octanol–water partition coefficient (Wildman–Crippen LogP) is -0.882. The highest BCUT2D eigenvalue weighted by Gasteiger charge is 2.46. The minimum absolute atomic E-state index is 0.0234. The summed E-state index contributed by atoms with van der Waals surface area (Å²) in [6, 6.07) is -1.97. The normalized spacial score (nSPS) is 30.3. The number of carbonyl (C=O) groups excluding carboxylic acids is 4. The highest BCUT2D eigenvalue weighted by atomic mass is 19.1. The standard InChI is InChI=1S/C25H36FN7O5/c26-18-11-21-25(38)31-6-3-16(10-23(36)30-4-1-2-5-30)17(13-31)9-22(35)27-20(24(37)33(21)14-18)12-19-15-32(7-8-34)29-28-19/h15-18,20-21,34H,1-14H2,(H,27,35)/t16-,17-,18-,20+,21-/m0/s1. The lowest BCUT2D eigenvalue weighted by Crippen LogP contribution is -2.54. The number of hydrogen-bond donors (Lipinski definition) is 2. The van der Waals surface area contributed by atoms with Crippen molar-refractivity contribution < 1.29 is 28.7 Å². The Morgan fingerprint density at radius 2 is 1.92 bits per heavy atom. The number of alkyl halides is 1. The third kappa shape index (κ3) is 5.67. The summed E-state index contributed by atoms with van der Waals surface area (Å²) in [5, 5.41) is 19.9. The molecule has 13 heteroatoms. The van der Waals surface area contributed by atoms with Crippen molar-refractivity contribution in [2.24, 2.45) is 11.8 Å². The fourth-order valence-corrected chi connectivity index (χ4v) is 6.32. The van der Waals surface area contributed by atoms with Gasteiger partial charge in [0.25, 0.3) is 0 Å². The largest absolute Gasteiger partial charge is 0.394 e. The van der Waals surface area contributed by atoms with Gasteiger partial charge in [-0.25, -0.2) is 9.07 Å². The second-order valence-electron chi connectivity index (χ2n) is 10.9. The zero-order valence-electron chi connectivity index (χ0n) is 21.5. The first-order valence-electron chi connectivity index (χ1n) is 13.6. The van der Waals surface area contributed by atoms with Gasteiger partial charge in [-0.1, -0.05) is 5.21 Å². The number of aromatic nitrogens is 3. The van der Waals surface area contributed by atoms with Crippen LogP contribution in [0.25, 0.3) is 0 Å². The van der Waals surface area contributed by atoms with E-state index in [9.17, 15) is 23.6 Å². The molecule has 5 atom stereocenters. The zero-order chi connectivity index (χ0) is 26.8. The molecule has 2 bridgehead atoms. The van der Waals surface area contributed by atoms with Gasteiger partial charge in [-0.2, -0.15) is 0 Å². The summed E-state index contributed by atoms with van der Waals surface area (Å²) >= 11 is 0. The lowest BCUT2D eigenvalue weighted by molar-refractivity contribution is -0.146. The van der Waals surface area contributed by atoms with Crippen LogP contribution in [0.3, 0.4) is 0 Å². The fourth-order valence-electron chi connectivity index (χ4n) is 6.32. The zero-order valence-corrected chi connectivity index (χ0v) is 21.5. The van der Waals surface area contributed by atoms with Crippen LogP contribution in [0.5, 0.6) is 0 Å². The minimum Gasteiger partial charge on any atom is -0.394 e. The number of halogens is 1. The number of nitrogens with zero attached hydrogens (tertiary/aromatic N) is 6.